The number of anilines is 3. The fourth-order valence-electron chi connectivity index (χ4n) is 3.65. The average Bonchev–Trinajstić information content (AvgIpc) is 2.65. The van der Waals surface area contributed by atoms with Gasteiger partial charge in [-0.05, 0) is 49.6 Å². The van der Waals surface area contributed by atoms with Crippen LogP contribution in [0.4, 0.5) is 17.1 Å². The van der Waals surface area contributed by atoms with Crippen LogP contribution in [0.15, 0.2) is 42.5 Å². The maximum Gasteiger partial charge on any atom is 0.268 e. The second-order valence-corrected chi connectivity index (χ2v) is 6.65. The number of hydrogen-bond acceptors (Lipinski definition) is 4. The molecule has 0 aliphatic carbocycles. The number of halogens is 1. The van der Waals surface area contributed by atoms with Gasteiger partial charge >= 0.3 is 0 Å². The molecule has 7 heteroatoms. The molecule has 2 amide bonds. The number of ether oxygens (including phenoxy) is 1. The first-order valence-corrected chi connectivity index (χ1v) is 8.81. The fourth-order valence-corrected chi connectivity index (χ4v) is 3.65. The highest BCUT2D eigenvalue weighted by Gasteiger charge is 2.34. The van der Waals surface area contributed by atoms with Gasteiger partial charge in [0, 0.05) is 17.9 Å². The lowest BCUT2D eigenvalue weighted by Crippen LogP contribution is -2.50. The molecule has 1 unspecified atom stereocenters. The van der Waals surface area contributed by atoms with Gasteiger partial charge in [0.25, 0.3) is 5.91 Å². The fraction of sp³-hybridized carbons (Fsp3) is 0.300. The minimum atomic E-state index is -0.609. The number of carbonyl (C=O) groups excluding carboxylic acids is 2. The van der Waals surface area contributed by atoms with Gasteiger partial charge in [-0.2, -0.15) is 0 Å². The van der Waals surface area contributed by atoms with Crippen LogP contribution in [0.2, 0.25) is 0 Å². The lowest BCUT2D eigenvalue weighted by atomic mass is 9.99. The van der Waals surface area contributed by atoms with Crippen molar-refractivity contribution in [3.63, 3.8) is 0 Å². The number of rotatable bonds is 2. The van der Waals surface area contributed by atoms with E-state index < -0.39 is 6.10 Å². The van der Waals surface area contributed by atoms with Gasteiger partial charge in [0.1, 0.15) is 12.3 Å². The Labute approximate surface area is 164 Å². The lowest BCUT2D eigenvalue weighted by molar-refractivity contribution is -0.127. The zero-order chi connectivity index (χ0) is 18.3. The van der Waals surface area contributed by atoms with E-state index in [1.54, 1.807) is 17.9 Å². The summed E-state index contributed by atoms with van der Waals surface area (Å²) in [7, 11) is 0. The summed E-state index contributed by atoms with van der Waals surface area (Å²) in [6, 6.07) is 12.9. The molecule has 0 spiro atoms. The first-order chi connectivity index (χ1) is 12.6. The summed E-state index contributed by atoms with van der Waals surface area (Å²) in [5, 5.41) is 0. The van der Waals surface area contributed by atoms with E-state index in [-0.39, 0.29) is 30.8 Å². The molecular formula is C20H22ClN3O3. The molecule has 6 nitrogen and oxygen atoms in total. The summed E-state index contributed by atoms with van der Waals surface area (Å²) in [6.07, 6.45) is 1.11. The number of nitrogen functional groups attached to an aromatic ring is 1. The Morgan fingerprint density at radius 1 is 1.19 bits per heavy atom. The predicted molar refractivity (Wildman–Crippen MR) is 108 cm³/mol. The first-order valence-electron chi connectivity index (χ1n) is 8.81. The molecular weight excluding hydrogens is 366 g/mol. The van der Waals surface area contributed by atoms with Gasteiger partial charge in [0.05, 0.1) is 5.69 Å². The Hall–Kier alpha value is -2.73. The van der Waals surface area contributed by atoms with Gasteiger partial charge in [-0.1, -0.05) is 18.2 Å². The van der Waals surface area contributed by atoms with Crippen LogP contribution in [0.5, 0.6) is 5.75 Å². The normalized spacial score (nSPS) is 18.1. The molecule has 27 heavy (non-hydrogen) atoms. The van der Waals surface area contributed by atoms with Crippen molar-refractivity contribution in [1.82, 2.24) is 0 Å². The third-order valence-electron chi connectivity index (χ3n) is 4.95. The number of amides is 2. The van der Waals surface area contributed by atoms with E-state index in [2.05, 4.69) is 0 Å². The second kappa shape index (κ2) is 7.48. The SMILES string of the molecule is CC1Oc2ccccc2N(CC(=O)N2CCCc3c(N)cccc32)C1=O.Cl. The van der Waals surface area contributed by atoms with Crippen LogP contribution in [0, 0.1) is 0 Å². The maximum atomic E-state index is 13.1. The molecule has 0 fully saturated rings. The molecule has 0 bridgehead atoms. The van der Waals surface area contributed by atoms with Crippen LogP contribution in [0.1, 0.15) is 18.9 Å². The minimum absolute atomic E-state index is 0. The van der Waals surface area contributed by atoms with Crippen LogP contribution in [0.25, 0.3) is 0 Å². The van der Waals surface area contributed by atoms with Gasteiger partial charge in [-0.25, -0.2) is 0 Å². The van der Waals surface area contributed by atoms with E-state index in [9.17, 15) is 9.59 Å². The number of benzene rings is 2. The molecule has 2 aromatic rings. The zero-order valence-electron chi connectivity index (χ0n) is 15.1. The van der Waals surface area contributed by atoms with Gasteiger partial charge in [-0.15, -0.1) is 12.4 Å². The van der Waals surface area contributed by atoms with Crippen molar-refractivity contribution in [3.05, 3.63) is 48.0 Å². The average molecular weight is 388 g/mol. The minimum Gasteiger partial charge on any atom is -0.479 e. The maximum absolute atomic E-state index is 13.1. The van der Waals surface area contributed by atoms with Gasteiger partial charge in [-0.3, -0.25) is 14.5 Å². The smallest absolute Gasteiger partial charge is 0.268 e. The third-order valence-corrected chi connectivity index (χ3v) is 4.95. The van der Waals surface area contributed by atoms with Crippen molar-refractivity contribution >= 4 is 41.3 Å². The van der Waals surface area contributed by atoms with Crippen molar-refractivity contribution in [3.8, 4) is 5.75 Å². The largest absolute Gasteiger partial charge is 0.479 e. The number of nitrogens with two attached hydrogens (primary N) is 1. The molecule has 142 valence electrons. The summed E-state index contributed by atoms with van der Waals surface area (Å²) < 4.78 is 5.64. The molecule has 0 radical (unpaired) electrons. The first kappa shape index (κ1) is 19.0. The molecule has 0 aromatic heterocycles. The van der Waals surface area contributed by atoms with E-state index in [4.69, 9.17) is 10.5 Å². The highest BCUT2D eigenvalue weighted by molar-refractivity contribution is 6.07. The number of hydrogen-bond donors (Lipinski definition) is 1. The topological polar surface area (TPSA) is 75.9 Å². The molecule has 2 aliphatic heterocycles. The molecule has 0 saturated carbocycles. The Morgan fingerprint density at radius 2 is 1.93 bits per heavy atom. The number of nitrogens with zero attached hydrogens (tertiary/aromatic N) is 2. The highest BCUT2D eigenvalue weighted by atomic mass is 35.5. The Balaban J connectivity index is 0.00000210. The molecule has 2 aromatic carbocycles. The molecule has 2 heterocycles. The van der Waals surface area contributed by atoms with E-state index in [1.165, 1.54) is 4.90 Å². The number of para-hydroxylation sites is 2. The van der Waals surface area contributed by atoms with Crippen molar-refractivity contribution in [2.45, 2.75) is 25.9 Å². The summed E-state index contributed by atoms with van der Waals surface area (Å²) >= 11 is 0. The van der Waals surface area contributed by atoms with E-state index in [0.717, 1.165) is 24.1 Å². The summed E-state index contributed by atoms with van der Waals surface area (Å²) in [5.41, 5.74) is 9.27. The van der Waals surface area contributed by atoms with Crippen LogP contribution in [0.3, 0.4) is 0 Å². The number of fused-ring (bicyclic) bond motifs is 2. The van der Waals surface area contributed by atoms with Crippen molar-refractivity contribution in [2.75, 3.05) is 28.6 Å². The van der Waals surface area contributed by atoms with Crippen LogP contribution in [-0.2, 0) is 16.0 Å². The van der Waals surface area contributed by atoms with Crippen molar-refractivity contribution in [1.29, 1.82) is 0 Å². The van der Waals surface area contributed by atoms with E-state index >= 15 is 0 Å². The van der Waals surface area contributed by atoms with Crippen LogP contribution >= 0.6 is 12.4 Å². The zero-order valence-corrected chi connectivity index (χ0v) is 15.9. The highest BCUT2D eigenvalue weighted by Crippen LogP contribution is 2.35. The summed E-state index contributed by atoms with van der Waals surface area (Å²) in [6.45, 7) is 2.31. The Kier molecular flexibility index (Phi) is 5.28. The quantitative estimate of drug-likeness (QED) is 0.804. The van der Waals surface area contributed by atoms with Gasteiger partial charge in [0.15, 0.2) is 6.10 Å². The molecule has 0 saturated heterocycles. The Bertz CT molecular complexity index is 887. The molecule has 2 N–H and O–H groups in total. The number of carbonyl (C=O) groups is 2. The van der Waals surface area contributed by atoms with E-state index in [0.29, 0.717) is 23.7 Å². The van der Waals surface area contributed by atoms with Crippen LogP contribution in [-0.4, -0.2) is 31.0 Å². The van der Waals surface area contributed by atoms with Gasteiger partial charge in [0.2, 0.25) is 5.91 Å². The molecule has 2 aliphatic rings. The van der Waals surface area contributed by atoms with E-state index in [1.807, 2.05) is 36.4 Å². The summed E-state index contributed by atoms with van der Waals surface area (Å²) in [5.74, 6) is 0.298. The van der Waals surface area contributed by atoms with Crippen molar-refractivity contribution < 1.29 is 14.3 Å². The summed E-state index contributed by atoms with van der Waals surface area (Å²) in [4.78, 5) is 28.9. The molecule has 4 rings (SSSR count). The van der Waals surface area contributed by atoms with Gasteiger partial charge < -0.3 is 15.4 Å². The van der Waals surface area contributed by atoms with Crippen LogP contribution < -0.4 is 20.3 Å². The molecule has 1 atom stereocenters. The predicted octanol–water partition coefficient (Wildman–Crippen LogP) is 2.78. The monoisotopic (exact) mass is 387 g/mol. The van der Waals surface area contributed by atoms with Crippen molar-refractivity contribution in [2.24, 2.45) is 0 Å². The third kappa shape index (κ3) is 3.32. The standard InChI is InChI=1S/C20H21N3O3.ClH/c1-13-20(25)23(17-8-2-3-10-18(17)26-13)12-19(24)22-11-5-6-14-15(21)7-4-9-16(14)22;/h2-4,7-10,13H,5-6,11-12,21H2,1H3;1H. The lowest BCUT2D eigenvalue weighted by Gasteiger charge is -2.35. The Morgan fingerprint density at radius 3 is 2.74 bits per heavy atom. The second-order valence-electron chi connectivity index (χ2n) is 6.65.